The van der Waals surface area contributed by atoms with Gasteiger partial charge < -0.3 is 4.90 Å². The summed E-state index contributed by atoms with van der Waals surface area (Å²) in [4.78, 5) is 14.6. The minimum absolute atomic E-state index is 0.0428. The topological polar surface area (TPSA) is 38.1 Å². The Kier molecular flexibility index (Phi) is 6.03. The van der Waals surface area contributed by atoms with Crippen LogP contribution in [0.4, 0.5) is 13.2 Å². The number of alkyl halides is 2. The van der Waals surface area contributed by atoms with Gasteiger partial charge in [-0.25, -0.2) is 13.5 Å². The Hall–Kier alpha value is -2.02. The van der Waals surface area contributed by atoms with Crippen LogP contribution in [-0.2, 0) is 24.8 Å². The molecule has 1 aliphatic rings. The maximum absolute atomic E-state index is 14.3. The van der Waals surface area contributed by atoms with Crippen LogP contribution < -0.4 is 0 Å². The summed E-state index contributed by atoms with van der Waals surface area (Å²) in [5.41, 5.74) is 0.991. The highest BCUT2D eigenvalue weighted by Gasteiger charge is 2.35. The number of benzene rings is 1. The van der Waals surface area contributed by atoms with E-state index in [0.717, 1.165) is 28.7 Å². The molecule has 28 heavy (non-hydrogen) atoms. The lowest BCUT2D eigenvalue weighted by molar-refractivity contribution is -0.131. The van der Waals surface area contributed by atoms with Crippen LogP contribution >= 0.6 is 11.6 Å². The number of carbonyl (C=O) groups is 1. The molecule has 0 aliphatic heterocycles. The van der Waals surface area contributed by atoms with Crippen LogP contribution in [0.1, 0.15) is 61.4 Å². The van der Waals surface area contributed by atoms with Crippen LogP contribution in [0.15, 0.2) is 18.2 Å². The molecule has 8 heteroatoms. The lowest BCUT2D eigenvalue weighted by atomic mass is 9.96. The number of hydrogen-bond donors (Lipinski definition) is 0. The van der Waals surface area contributed by atoms with Crippen molar-refractivity contribution in [3.05, 3.63) is 51.6 Å². The second-order valence-electron chi connectivity index (χ2n) is 7.51. The molecule has 2 aromatic rings. The summed E-state index contributed by atoms with van der Waals surface area (Å²) >= 11 is 6.14. The monoisotopic (exact) mass is 413 g/mol. The van der Waals surface area contributed by atoms with E-state index in [1.54, 1.807) is 4.90 Å². The minimum Gasteiger partial charge on any atom is -0.335 e. The van der Waals surface area contributed by atoms with Crippen molar-refractivity contribution in [3.63, 3.8) is 0 Å². The largest absolute Gasteiger partial charge is 0.335 e. The zero-order valence-electron chi connectivity index (χ0n) is 16.1. The summed E-state index contributed by atoms with van der Waals surface area (Å²) in [5.74, 6) is -1.04. The van der Waals surface area contributed by atoms with Crippen molar-refractivity contribution in [3.8, 4) is 0 Å². The molecule has 0 atom stereocenters. The van der Waals surface area contributed by atoms with Gasteiger partial charge in [0, 0.05) is 30.2 Å². The van der Waals surface area contributed by atoms with Crippen LogP contribution in [0.5, 0.6) is 0 Å². The first-order valence-corrected chi connectivity index (χ1v) is 9.64. The maximum Gasteiger partial charge on any atom is 0.282 e. The highest BCUT2D eigenvalue weighted by molar-refractivity contribution is 6.30. The van der Waals surface area contributed by atoms with Crippen molar-refractivity contribution in [1.82, 2.24) is 14.7 Å². The SMILES string of the molecule is CC(C)c1ccc(Cl)cc1CN(C(=O)Cc1c(C(F)F)nn(C)c1F)C1CC1. The molecule has 0 bridgehead atoms. The normalized spacial score (nSPS) is 14.2. The summed E-state index contributed by atoms with van der Waals surface area (Å²) in [6, 6.07) is 5.62. The molecule has 1 fully saturated rings. The molecule has 1 heterocycles. The summed E-state index contributed by atoms with van der Waals surface area (Å²) in [6.07, 6.45) is -1.68. The Bertz CT molecular complexity index is 878. The molecule has 0 spiro atoms. The number of aryl methyl sites for hydroxylation is 1. The smallest absolute Gasteiger partial charge is 0.282 e. The molecule has 152 valence electrons. The average Bonchev–Trinajstić information content (AvgIpc) is 3.41. The van der Waals surface area contributed by atoms with E-state index in [2.05, 4.69) is 18.9 Å². The first-order valence-electron chi connectivity index (χ1n) is 9.26. The van der Waals surface area contributed by atoms with Crippen LogP contribution in [0.3, 0.4) is 0 Å². The third kappa shape index (κ3) is 4.35. The van der Waals surface area contributed by atoms with Crippen LogP contribution in [-0.4, -0.2) is 26.6 Å². The molecule has 1 aromatic carbocycles. The van der Waals surface area contributed by atoms with Crippen molar-refractivity contribution in [2.75, 3.05) is 0 Å². The van der Waals surface area contributed by atoms with Gasteiger partial charge in [-0.3, -0.25) is 4.79 Å². The fourth-order valence-electron chi connectivity index (χ4n) is 3.42. The molecular weight excluding hydrogens is 391 g/mol. The van der Waals surface area contributed by atoms with Crippen molar-refractivity contribution < 1.29 is 18.0 Å². The second-order valence-corrected chi connectivity index (χ2v) is 7.94. The second kappa shape index (κ2) is 8.15. The summed E-state index contributed by atoms with van der Waals surface area (Å²) in [6.45, 7) is 4.43. The molecule has 0 saturated heterocycles. The Balaban J connectivity index is 1.87. The fraction of sp³-hybridized carbons (Fsp3) is 0.500. The molecule has 0 N–H and O–H groups in total. The van der Waals surface area contributed by atoms with Crippen molar-refractivity contribution in [1.29, 1.82) is 0 Å². The molecule has 1 saturated carbocycles. The molecule has 0 radical (unpaired) electrons. The number of nitrogens with zero attached hydrogens (tertiary/aromatic N) is 3. The zero-order chi connectivity index (χ0) is 20.6. The summed E-state index contributed by atoms with van der Waals surface area (Å²) in [5, 5.41) is 4.09. The first-order chi connectivity index (χ1) is 13.2. The Labute approximate surface area is 167 Å². The van der Waals surface area contributed by atoms with E-state index in [-0.39, 0.29) is 23.4 Å². The standard InChI is InChI=1S/C20H23ClF3N3O/c1-11(2)15-7-4-13(21)8-12(15)10-27(14-5-6-14)17(28)9-16-18(19(22)23)25-26(3)20(16)24/h4,7-8,11,14,19H,5-6,9-10H2,1-3H3. The molecule has 1 aliphatic carbocycles. The molecule has 0 unspecified atom stereocenters. The van der Waals surface area contributed by atoms with Gasteiger partial charge in [0.05, 0.1) is 6.42 Å². The van der Waals surface area contributed by atoms with Crippen LogP contribution in [0.25, 0.3) is 0 Å². The lowest BCUT2D eigenvalue weighted by Gasteiger charge is -2.25. The fourth-order valence-corrected chi connectivity index (χ4v) is 3.62. The van der Waals surface area contributed by atoms with E-state index in [1.807, 2.05) is 18.2 Å². The number of halogens is 4. The predicted octanol–water partition coefficient (Wildman–Crippen LogP) is 5.01. The van der Waals surface area contributed by atoms with E-state index in [1.165, 1.54) is 7.05 Å². The van der Waals surface area contributed by atoms with Gasteiger partial charge in [-0.15, -0.1) is 0 Å². The quantitative estimate of drug-likeness (QED) is 0.640. The Morgan fingerprint density at radius 2 is 2.04 bits per heavy atom. The number of rotatable bonds is 7. The van der Waals surface area contributed by atoms with Gasteiger partial charge in [0.2, 0.25) is 11.9 Å². The lowest BCUT2D eigenvalue weighted by Crippen LogP contribution is -2.34. The summed E-state index contributed by atoms with van der Waals surface area (Å²) < 4.78 is 41.4. The number of carbonyl (C=O) groups excluding carboxylic acids is 1. The molecule has 1 aromatic heterocycles. The molecule has 1 amide bonds. The van der Waals surface area contributed by atoms with E-state index < -0.39 is 24.5 Å². The van der Waals surface area contributed by atoms with Gasteiger partial charge in [0.1, 0.15) is 5.69 Å². The summed E-state index contributed by atoms with van der Waals surface area (Å²) in [7, 11) is 1.24. The van der Waals surface area contributed by atoms with Gasteiger partial charge in [-0.05, 0) is 42.0 Å². The van der Waals surface area contributed by atoms with Gasteiger partial charge in [-0.2, -0.15) is 9.49 Å². The molecular formula is C20H23ClF3N3O. The van der Waals surface area contributed by atoms with E-state index in [9.17, 15) is 18.0 Å². The molecule has 4 nitrogen and oxygen atoms in total. The first kappa shape index (κ1) is 20.7. The third-order valence-corrected chi connectivity index (χ3v) is 5.25. The van der Waals surface area contributed by atoms with E-state index in [4.69, 9.17) is 11.6 Å². The zero-order valence-corrected chi connectivity index (χ0v) is 16.8. The van der Waals surface area contributed by atoms with Gasteiger partial charge >= 0.3 is 0 Å². The van der Waals surface area contributed by atoms with E-state index >= 15 is 0 Å². The number of hydrogen-bond acceptors (Lipinski definition) is 2. The van der Waals surface area contributed by atoms with Crippen molar-refractivity contribution >= 4 is 17.5 Å². The highest BCUT2D eigenvalue weighted by Crippen LogP contribution is 2.33. The van der Waals surface area contributed by atoms with Gasteiger partial charge in [0.25, 0.3) is 6.43 Å². The predicted molar refractivity (Wildman–Crippen MR) is 101 cm³/mol. The van der Waals surface area contributed by atoms with Crippen molar-refractivity contribution in [2.45, 2.75) is 58.0 Å². The van der Waals surface area contributed by atoms with Gasteiger partial charge in [-0.1, -0.05) is 31.5 Å². The number of amides is 1. The minimum atomic E-state index is -2.94. The molecule has 3 rings (SSSR count). The Morgan fingerprint density at radius 3 is 2.61 bits per heavy atom. The maximum atomic E-state index is 14.3. The van der Waals surface area contributed by atoms with Gasteiger partial charge in [0.15, 0.2) is 0 Å². The van der Waals surface area contributed by atoms with Crippen molar-refractivity contribution in [2.24, 2.45) is 7.05 Å². The van der Waals surface area contributed by atoms with Crippen LogP contribution in [0.2, 0.25) is 5.02 Å². The van der Waals surface area contributed by atoms with Crippen LogP contribution in [0, 0.1) is 5.95 Å². The number of aromatic nitrogens is 2. The van der Waals surface area contributed by atoms with E-state index in [0.29, 0.717) is 11.6 Å². The third-order valence-electron chi connectivity index (χ3n) is 5.01. The highest BCUT2D eigenvalue weighted by atomic mass is 35.5. The average molecular weight is 414 g/mol. The Morgan fingerprint density at radius 1 is 1.36 bits per heavy atom.